The molecule has 0 radical (unpaired) electrons. The van der Waals surface area contributed by atoms with Crippen LogP contribution in [0.25, 0.3) is 0 Å². The van der Waals surface area contributed by atoms with E-state index in [1.807, 2.05) is 0 Å². The SMILES string of the molecule is CCOC(=O)/C(=C/C=C/N(CCS(=O)(=O)[O-])CCS(=O)(=O)[O-])C(C)=O. The summed E-state index contributed by atoms with van der Waals surface area (Å²) in [6, 6.07) is 0. The molecule has 25 heavy (non-hydrogen) atoms. The lowest BCUT2D eigenvalue weighted by molar-refractivity contribution is -0.139. The zero-order chi connectivity index (χ0) is 19.7. The summed E-state index contributed by atoms with van der Waals surface area (Å²) in [4.78, 5) is 24.1. The van der Waals surface area contributed by atoms with E-state index in [0.717, 1.165) is 17.9 Å². The zero-order valence-corrected chi connectivity index (χ0v) is 15.3. The van der Waals surface area contributed by atoms with Crippen LogP contribution in [0.5, 0.6) is 0 Å². The standard InChI is InChI=1S/C13H21NO9S2/c1-3-23-13(16)12(11(2)15)5-4-6-14(7-9-24(17,18)19)8-10-25(20,21)22/h4-6H,3,7-10H2,1-2H3,(H,17,18,19)(H,20,21,22)/p-2/b6-4+,12-5+. The van der Waals surface area contributed by atoms with Gasteiger partial charge >= 0.3 is 5.97 Å². The predicted molar refractivity (Wildman–Crippen MR) is 85.2 cm³/mol. The highest BCUT2D eigenvalue weighted by Crippen LogP contribution is 2.02. The lowest BCUT2D eigenvalue weighted by Crippen LogP contribution is -2.29. The maximum atomic E-state index is 11.6. The Labute approximate surface area is 146 Å². The number of hydrogen-bond donors (Lipinski definition) is 0. The van der Waals surface area contributed by atoms with E-state index in [9.17, 15) is 35.5 Å². The number of esters is 1. The normalized spacial score (nSPS) is 13.0. The van der Waals surface area contributed by atoms with Crippen LogP contribution in [0.15, 0.2) is 23.9 Å². The maximum absolute atomic E-state index is 11.6. The van der Waals surface area contributed by atoms with E-state index in [4.69, 9.17) is 4.74 Å². The molecule has 0 rings (SSSR count). The van der Waals surface area contributed by atoms with Crippen LogP contribution in [0, 0.1) is 0 Å². The molecule has 0 N–H and O–H groups in total. The molecule has 0 heterocycles. The van der Waals surface area contributed by atoms with E-state index in [2.05, 4.69) is 0 Å². The number of ketones is 1. The fourth-order valence-electron chi connectivity index (χ4n) is 1.52. The maximum Gasteiger partial charge on any atom is 0.341 e. The van der Waals surface area contributed by atoms with Crippen LogP contribution in [0.4, 0.5) is 0 Å². The van der Waals surface area contributed by atoms with Crippen molar-refractivity contribution in [1.82, 2.24) is 4.90 Å². The van der Waals surface area contributed by atoms with Crippen molar-refractivity contribution in [1.29, 1.82) is 0 Å². The number of ether oxygens (including phenoxy) is 1. The fraction of sp³-hybridized carbons (Fsp3) is 0.538. The van der Waals surface area contributed by atoms with Gasteiger partial charge in [0.05, 0.1) is 38.3 Å². The molecular weight excluding hydrogens is 378 g/mol. The minimum absolute atomic E-state index is 0.0576. The Balaban J connectivity index is 5.22. The topological polar surface area (TPSA) is 161 Å². The third-order valence-corrected chi connectivity index (χ3v) is 4.06. The second-order valence-electron chi connectivity index (χ2n) is 4.76. The molecule has 10 nitrogen and oxygen atoms in total. The number of carbonyl (C=O) groups is 2. The summed E-state index contributed by atoms with van der Waals surface area (Å²) in [7, 11) is -9.09. The van der Waals surface area contributed by atoms with Crippen LogP contribution in [-0.2, 0) is 34.6 Å². The highest BCUT2D eigenvalue weighted by atomic mass is 32.2. The van der Waals surface area contributed by atoms with E-state index in [0.29, 0.717) is 0 Å². The van der Waals surface area contributed by atoms with Crippen molar-refractivity contribution in [2.24, 2.45) is 0 Å². The van der Waals surface area contributed by atoms with Gasteiger partial charge in [0, 0.05) is 13.1 Å². The molecule has 0 fully saturated rings. The first kappa shape index (κ1) is 23.2. The van der Waals surface area contributed by atoms with Crippen molar-refractivity contribution >= 4 is 32.0 Å². The predicted octanol–water partition coefficient (Wildman–Crippen LogP) is -1.03. The summed E-state index contributed by atoms with van der Waals surface area (Å²) in [5, 5.41) is 0. The lowest BCUT2D eigenvalue weighted by atomic mass is 10.2. The van der Waals surface area contributed by atoms with Gasteiger partial charge in [-0.3, -0.25) is 4.79 Å². The fourth-order valence-corrected chi connectivity index (χ4v) is 2.43. The average Bonchev–Trinajstić information content (AvgIpc) is 2.43. The van der Waals surface area contributed by atoms with Crippen molar-refractivity contribution < 1.29 is 40.3 Å². The molecule has 0 aliphatic rings. The van der Waals surface area contributed by atoms with Gasteiger partial charge in [-0.25, -0.2) is 21.6 Å². The first-order valence-electron chi connectivity index (χ1n) is 7.03. The lowest BCUT2D eigenvalue weighted by Gasteiger charge is -2.21. The Morgan fingerprint density at radius 3 is 1.88 bits per heavy atom. The number of nitrogens with zero attached hydrogens (tertiary/aromatic N) is 1. The summed E-state index contributed by atoms with van der Waals surface area (Å²) >= 11 is 0. The third-order valence-electron chi connectivity index (χ3n) is 2.69. The Kier molecular flexibility index (Phi) is 9.56. The molecule has 0 aliphatic carbocycles. The first-order valence-corrected chi connectivity index (χ1v) is 10.2. The van der Waals surface area contributed by atoms with Gasteiger partial charge in [-0.2, -0.15) is 0 Å². The van der Waals surface area contributed by atoms with Crippen molar-refractivity contribution in [3.63, 3.8) is 0 Å². The average molecular weight is 397 g/mol. The summed E-state index contributed by atoms with van der Waals surface area (Å²) in [6.07, 6.45) is 3.45. The number of hydrogen-bond acceptors (Lipinski definition) is 10. The van der Waals surface area contributed by atoms with E-state index >= 15 is 0 Å². The Bertz CT molecular complexity index is 699. The second kappa shape index (κ2) is 10.3. The molecule has 0 aromatic rings. The first-order chi connectivity index (χ1) is 11.4. The van der Waals surface area contributed by atoms with Gasteiger partial charge in [-0.05, 0) is 32.2 Å². The van der Waals surface area contributed by atoms with Crippen LogP contribution in [0.3, 0.4) is 0 Å². The highest BCUT2D eigenvalue weighted by Gasteiger charge is 2.14. The largest absolute Gasteiger partial charge is 0.748 e. The molecule has 0 aromatic heterocycles. The molecule has 12 heteroatoms. The summed E-state index contributed by atoms with van der Waals surface area (Å²) in [5.74, 6) is -3.04. The molecule has 0 bridgehead atoms. The number of Topliss-reactive ketones (excluding diaryl/α,β-unsaturated/α-hetero) is 1. The van der Waals surface area contributed by atoms with E-state index in [1.165, 1.54) is 12.3 Å². The molecule has 0 atom stereocenters. The van der Waals surface area contributed by atoms with E-state index < -0.39 is 43.5 Å². The second-order valence-corrected chi connectivity index (χ2v) is 7.81. The van der Waals surface area contributed by atoms with Gasteiger partial charge in [-0.15, -0.1) is 0 Å². The Morgan fingerprint density at radius 2 is 1.52 bits per heavy atom. The van der Waals surface area contributed by atoms with Crippen molar-refractivity contribution in [2.75, 3.05) is 31.2 Å². The molecule has 0 unspecified atom stereocenters. The molecule has 0 amide bonds. The van der Waals surface area contributed by atoms with Crippen LogP contribution in [0.2, 0.25) is 0 Å². The molecule has 0 aromatic carbocycles. The number of rotatable bonds is 11. The minimum atomic E-state index is -4.55. The van der Waals surface area contributed by atoms with Gasteiger partial charge in [-0.1, -0.05) is 0 Å². The van der Waals surface area contributed by atoms with Gasteiger partial charge in [0.15, 0.2) is 5.78 Å². The molecule has 0 saturated heterocycles. The molecule has 144 valence electrons. The summed E-state index contributed by atoms with van der Waals surface area (Å²) in [5.41, 5.74) is -0.272. The minimum Gasteiger partial charge on any atom is -0.748 e. The Hall–Kier alpha value is -1.76. The van der Waals surface area contributed by atoms with Crippen LogP contribution >= 0.6 is 0 Å². The van der Waals surface area contributed by atoms with Crippen molar-refractivity contribution in [2.45, 2.75) is 13.8 Å². The van der Waals surface area contributed by atoms with Crippen LogP contribution in [0.1, 0.15) is 13.8 Å². The number of allylic oxidation sites excluding steroid dienone is 2. The van der Waals surface area contributed by atoms with Gasteiger partial charge in [0.1, 0.15) is 5.57 Å². The quantitative estimate of drug-likeness (QED) is 0.105. The highest BCUT2D eigenvalue weighted by molar-refractivity contribution is 7.85. The third kappa shape index (κ3) is 12.3. The van der Waals surface area contributed by atoms with Gasteiger partial charge in [0.2, 0.25) is 0 Å². The monoisotopic (exact) mass is 397 g/mol. The van der Waals surface area contributed by atoms with Crippen LogP contribution in [-0.4, -0.2) is 73.8 Å². The van der Waals surface area contributed by atoms with E-state index in [1.54, 1.807) is 6.92 Å². The molecule has 0 spiro atoms. The van der Waals surface area contributed by atoms with Gasteiger partial charge < -0.3 is 18.7 Å². The van der Waals surface area contributed by atoms with Gasteiger partial charge in [0.25, 0.3) is 0 Å². The summed E-state index contributed by atoms with van der Waals surface area (Å²) in [6.45, 7) is 2.03. The smallest absolute Gasteiger partial charge is 0.341 e. The van der Waals surface area contributed by atoms with Crippen molar-refractivity contribution in [3.8, 4) is 0 Å². The Morgan fingerprint density at radius 1 is 1.04 bits per heavy atom. The van der Waals surface area contributed by atoms with E-state index in [-0.39, 0.29) is 25.3 Å². The zero-order valence-electron chi connectivity index (χ0n) is 13.7. The summed E-state index contributed by atoms with van der Waals surface area (Å²) < 4.78 is 68.7. The van der Waals surface area contributed by atoms with Crippen molar-refractivity contribution in [3.05, 3.63) is 23.9 Å². The molecule has 0 aliphatic heterocycles. The molecular formula is C13H19NO9S2-2. The molecule has 0 saturated carbocycles. The van der Waals surface area contributed by atoms with Crippen LogP contribution < -0.4 is 0 Å². The number of carbonyl (C=O) groups excluding carboxylic acids is 2.